The SMILES string of the molecule is CCOc1ccc(N2CCN(C(=O)Nc3ccc(C)cc3)C(C)C2=O)cc1. The second-order valence-corrected chi connectivity index (χ2v) is 6.58. The van der Waals surface area contributed by atoms with E-state index in [1.165, 1.54) is 0 Å². The van der Waals surface area contributed by atoms with E-state index in [2.05, 4.69) is 5.32 Å². The van der Waals surface area contributed by atoms with Crippen molar-refractivity contribution in [3.63, 3.8) is 0 Å². The van der Waals surface area contributed by atoms with Crippen molar-refractivity contribution in [2.45, 2.75) is 26.8 Å². The Labute approximate surface area is 159 Å². The lowest BCUT2D eigenvalue weighted by Crippen LogP contribution is -2.58. The highest BCUT2D eigenvalue weighted by Crippen LogP contribution is 2.24. The lowest BCUT2D eigenvalue weighted by molar-refractivity contribution is -0.123. The number of piperazine rings is 1. The first-order valence-corrected chi connectivity index (χ1v) is 9.18. The summed E-state index contributed by atoms with van der Waals surface area (Å²) in [5.74, 6) is 0.683. The molecule has 1 atom stereocenters. The van der Waals surface area contributed by atoms with Crippen molar-refractivity contribution >= 4 is 23.3 Å². The zero-order valence-corrected chi connectivity index (χ0v) is 15.9. The van der Waals surface area contributed by atoms with Crippen LogP contribution in [0.1, 0.15) is 19.4 Å². The summed E-state index contributed by atoms with van der Waals surface area (Å²) in [4.78, 5) is 28.7. The van der Waals surface area contributed by atoms with Gasteiger partial charge in [0, 0.05) is 24.5 Å². The molecule has 142 valence electrons. The largest absolute Gasteiger partial charge is 0.494 e. The molecule has 1 aliphatic heterocycles. The minimum atomic E-state index is -0.532. The molecule has 1 aliphatic rings. The molecule has 2 aromatic carbocycles. The second-order valence-electron chi connectivity index (χ2n) is 6.58. The van der Waals surface area contributed by atoms with Crippen LogP contribution in [0.2, 0.25) is 0 Å². The van der Waals surface area contributed by atoms with Gasteiger partial charge in [0.25, 0.3) is 0 Å². The third-order valence-corrected chi connectivity index (χ3v) is 4.68. The Morgan fingerprint density at radius 2 is 1.78 bits per heavy atom. The van der Waals surface area contributed by atoms with Crippen molar-refractivity contribution in [1.82, 2.24) is 4.90 Å². The smallest absolute Gasteiger partial charge is 0.322 e. The fourth-order valence-corrected chi connectivity index (χ4v) is 3.13. The lowest BCUT2D eigenvalue weighted by Gasteiger charge is -2.39. The van der Waals surface area contributed by atoms with Crippen LogP contribution in [0.4, 0.5) is 16.2 Å². The number of hydrogen-bond acceptors (Lipinski definition) is 3. The first kappa shape index (κ1) is 18.8. The standard InChI is InChI=1S/C21H25N3O3/c1-4-27-19-11-9-18(10-12-19)24-14-13-23(16(3)20(24)25)21(26)22-17-7-5-15(2)6-8-17/h5-12,16H,4,13-14H2,1-3H3,(H,22,26). The summed E-state index contributed by atoms with van der Waals surface area (Å²) >= 11 is 0. The molecule has 0 bridgehead atoms. The number of ether oxygens (including phenoxy) is 1. The van der Waals surface area contributed by atoms with Gasteiger partial charge in [0.2, 0.25) is 5.91 Å². The van der Waals surface area contributed by atoms with Gasteiger partial charge in [0.15, 0.2) is 0 Å². The van der Waals surface area contributed by atoms with E-state index in [1.807, 2.05) is 62.4 Å². The molecule has 0 aliphatic carbocycles. The summed E-state index contributed by atoms with van der Waals surface area (Å²) in [6.45, 7) is 7.21. The summed E-state index contributed by atoms with van der Waals surface area (Å²) < 4.78 is 5.44. The molecule has 0 saturated carbocycles. The number of anilines is 2. The van der Waals surface area contributed by atoms with Gasteiger partial charge < -0.3 is 19.9 Å². The number of benzene rings is 2. The molecule has 1 N–H and O–H groups in total. The molecular formula is C21H25N3O3. The van der Waals surface area contributed by atoms with Crippen LogP contribution < -0.4 is 15.0 Å². The molecule has 1 heterocycles. The molecule has 1 unspecified atom stereocenters. The molecule has 0 aromatic heterocycles. The predicted molar refractivity (Wildman–Crippen MR) is 106 cm³/mol. The van der Waals surface area contributed by atoms with Gasteiger partial charge in [0.05, 0.1) is 6.61 Å². The summed E-state index contributed by atoms with van der Waals surface area (Å²) in [7, 11) is 0. The van der Waals surface area contributed by atoms with E-state index in [0.29, 0.717) is 19.7 Å². The Balaban J connectivity index is 1.66. The highest BCUT2D eigenvalue weighted by atomic mass is 16.5. The molecule has 6 heteroatoms. The zero-order valence-electron chi connectivity index (χ0n) is 15.9. The van der Waals surface area contributed by atoms with E-state index in [9.17, 15) is 9.59 Å². The summed E-state index contributed by atoms with van der Waals surface area (Å²) in [6.07, 6.45) is 0. The maximum atomic E-state index is 12.8. The number of urea groups is 1. The minimum absolute atomic E-state index is 0.0931. The van der Waals surface area contributed by atoms with Gasteiger partial charge in [-0.1, -0.05) is 17.7 Å². The van der Waals surface area contributed by atoms with Crippen molar-refractivity contribution in [3.8, 4) is 5.75 Å². The Hall–Kier alpha value is -3.02. The molecule has 0 spiro atoms. The van der Waals surface area contributed by atoms with E-state index < -0.39 is 6.04 Å². The molecule has 27 heavy (non-hydrogen) atoms. The fraction of sp³-hybridized carbons (Fsp3) is 0.333. The monoisotopic (exact) mass is 367 g/mol. The Bertz CT molecular complexity index is 802. The predicted octanol–water partition coefficient (Wildman–Crippen LogP) is 3.66. The van der Waals surface area contributed by atoms with Crippen molar-refractivity contribution in [2.75, 3.05) is 29.9 Å². The van der Waals surface area contributed by atoms with E-state index in [4.69, 9.17) is 4.74 Å². The van der Waals surface area contributed by atoms with Crippen LogP contribution in [0, 0.1) is 6.92 Å². The van der Waals surface area contributed by atoms with Gasteiger partial charge in [-0.05, 0) is 57.2 Å². The van der Waals surface area contributed by atoms with Crippen LogP contribution >= 0.6 is 0 Å². The van der Waals surface area contributed by atoms with Crippen LogP contribution in [0.15, 0.2) is 48.5 Å². The lowest BCUT2D eigenvalue weighted by atomic mass is 10.1. The second kappa shape index (κ2) is 8.12. The fourth-order valence-electron chi connectivity index (χ4n) is 3.13. The van der Waals surface area contributed by atoms with Crippen molar-refractivity contribution < 1.29 is 14.3 Å². The third-order valence-electron chi connectivity index (χ3n) is 4.68. The highest BCUT2D eigenvalue weighted by molar-refractivity contribution is 6.01. The van der Waals surface area contributed by atoms with Crippen molar-refractivity contribution in [1.29, 1.82) is 0 Å². The molecule has 6 nitrogen and oxygen atoms in total. The van der Waals surface area contributed by atoms with Gasteiger partial charge in [-0.2, -0.15) is 0 Å². The van der Waals surface area contributed by atoms with Gasteiger partial charge >= 0.3 is 6.03 Å². The molecule has 2 aromatic rings. The van der Waals surface area contributed by atoms with Crippen LogP contribution in [-0.2, 0) is 4.79 Å². The summed E-state index contributed by atoms with van der Waals surface area (Å²) in [6, 6.07) is 14.3. The quantitative estimate of drug-likeness (QED) is 0.897. The molecule has 3 rings (SSSR count). The first-order valence-electron chi connectivity index (χ1n) is 9.18. The minimum Gasteiger partial charge on any atom is -0.494 e. The van der Waals surface area contributed by atoms with Gasteiger partial charge in [-0.25, -0.2) is 4.79 Å². The van der Waals surface area contributed by atoms with Crippen LogP contribution in [0.25, 0.3) is 0 Å². The topological polar surface area (TPSA) is 61.9 Å². The number of nitrogens with zero attached hydrogens (tertiary/aromatic N) is 2. The number of carbonyl (C=O) groups excluding carboxylic acids is 2. The van der Waals surface area contributed by atoms with Gasteiger partial charge in [-0.15, -0.1) is 0 Å². The molecule has 1 fully saturated rings. The van der Waals surface area contributed by atoms with Gasteiger partial charge in [-0.3, -0.25) is 4.79 Å². The molecule has 0 radical (unpaired) electrons. The number of amides is 3. The van der Waals surface area contributed by atoms with Crippen molar-refractivity contribution in [2.24, 2.45) is 0 Å². The van der Waals surface area contributed by atoms with Crippen LogP contribution in [-0.4, -0.2) is 42.6 Å². The third kappa shape index (κ3) is 4.22. The number of carbonyl (C=O) groups is 2. The highest BCUT2D eigenvalue weighted by Gasteiger charge is 2.35. The van der Waals surface area contributed by atoms with E-state index >= 15 is 0 Å². The number of hydrogen-bond donors (Lipinski definition) is 1. The molecular weight excluding hydrogens is 342 g/mol. The summed E-state index contributed by atoms with van der Waals surface area (Å²) in [5, 5.41) is 2.87. The average molecular weight is 367 g/mol. The van der Waals surface area contributed by atoms with E-state index in [1.54, 1.807) is 16.7 Å². The Morgan fingerprint density at radius 1 is 1.11 bits per heavy atom. The average Bonchev–Trinajstić information content (AvgIpc) is 2.67. The number of nitrogens with one attached hydrogen (secondary N) is 1. The first-order chi connectivity index (χ1) is 13.0. The Morgan fingerprint density at radius 3 is 2.41 bits per heavy atom. The maximum absolute atomic E-state index is 12.8. The van der Waals surface area contributed by atoms with Crippen LogP contribution in [0.3, 0.4) is 0 Å². The maximum Gasteiger partial charge on any atom is 0.322 e. The normalized spacial score (nSPS) is 17.0. The van der Waals surface area contributed by atoms with E-state index in [-0.39, 0.29) is 11.9 Å². The van der Waals surface area contributed by atoms with Gasteiger partial charge in [0.1, 0.15) is 11.8 Å². The zero-order chi connectivity index (χ0) is 19.4. The van der Waals surface area contributed by atoms with Crippen LogP contribution in [0.5, 0.6) is 5.75 Å². The van der Waals surface area contributed by atoms with E-state index in [0.717, 1.165) is 22.7 Å². The Kier molecular flexibility index (Phi) is 5.64. The summed E-state index contributed by atoms with van der Waals surface area (Å²) in [5.41, 5.74) is 2.66. The molecule has 3 amide bonds. The molecule has 1 saturated heterocycles. The van der Waals surface area contributed by atoms with Crippen molar-refractivity contribution in [3.05, 3.63) is 54.1 Å². The number of aryl methyl sites for hydroxylation is 1. The number of rotatable bonds is 4.